The van der Waals surface area contributed by atoms with Crippen molar-refractivity contribution >= 4 is 23.7 Å². The summed E-state index contributed by atoms with van der Waals surface area (Å²) in [5.74, 6) is -1.01. The summed E-state index contributed by atoms with van der Waals surface area (Å²) in [7, 11) is 0. The minimum atomic E-state index is -1.15. The number of rotatable bonds is 4. The zero-order chi connectivity index (χ0) is 20.3. The molecule has 0 aliphatic heterocycles. The highest BCUT2D eigenvalue weighted by molar-refractivity contribution is 6.30. The van der Waals surface area contributed by atoms with E-state index in [1.54, 1.807) is 48.5 Å². The first-order chi connectivity index (χ1) is 11.6. The third-order valence-electron chi connectivity index (χ3n) is 3.44. The average Bonchev–Trinajstić information content (AvgIpc) is 2.44. The van der Waals surface area contributed by atoms with Gasteiger partial charge in [-0.2, -0.15) is 0 Å². The highest BCUT2D eigenvalue weighted by Gasteiger charge is 2.34. The summed E-state index contributed by atoms with van der Waals surface area (Å²) in [5.41, 5.74) is -2.07. The van der Waals surface area contributed by atoms with Crippen LogP contribution < -0.4 is 5.32 Å². The highest BCUT2D eigenvalue weighted by Crippen LogP contribution is 2.28. The topological polar surface area (TPSA) is 64.6 Å². The molecular weight excluding hydrogens is 361 g/mol. The van der Waals surface area contributed by atoms with Gasteiger partial charge in [0.2, 0.25) is 0 Å². The maximum atomic E-state index is 13.5. The molecule has 1 aromatic carbocycles. The Kier molecular flexibility index (Phi) is 6.69. The van der Waals surface area contributed by atoms with Gasteiger partial charge in [0.25, 0.3) is 0 Å². The Morgan fingerprint density at radius 2 is 1.69 bits per heavy atom. The zero-order valence-corrected chi connectivity index (χ0v) is 17.1. The smallest absolute Gasteiger partial charge is 0.408 e. The quantitative estimate of drug-likeness (QED) is 0.753. The molecule has 1 atom stereocenters. The van der Waals surface area contributed by atoms with Gasteiger partial charge in [-0.05, 0) is 66.2 Å². The van der Waals surface area contributed by atoms with Gasteiger partial charge in [-0.1, -0.05) is 17.7 Å². The van der Waals surface area contributed by atoms with Gasteiger partial charge in [0, 0.05) is 0 Å². The number of benzene rings is 1. The first-order valence-corrected chi connectivity index (χ1v) is 8.66. The Morgan fingerprint density at radius 3 is 2.15 bits per heavy atom. The number of carbonyl (C=O) groups is 2. The van der Waals surface area contributed by atoms with Crippen molar-refractivity contribution < 1.29 is 23.5 Å². The summed E-state index contributed by atoms with van der Waals surface area (Å²) in [6.45, 7) is 11.9. The minimum Gasteiger partial charge on any atom is -0.462 e. The van der Waals surface area contributed by atoms with Crippen molar-refractivity contribution in [3.05, 3.63) is 34.6 Å². The normalized spacial score (nSPS) is 14.3. The molecule has 0 radical (unpaired) electrons. The van der Waals surface area contributed by atoms with Crippen LogP contribution in [0.15, 0.2) is 18.2 Å². The number of ether oxygens (including phenoxy) is 2. The molecule has 1 amide bonds. The van der Waals surface area contributed by atoms with E-state index >= 15 is 0 Å². The van der Waals surface area contributed by atoms with Gasteiger partial charge < -0.3 is 14.8 Å². The van der Waals surface area contributed by atoms with Crippen LogP contribution in [0.4, 0.5) is 9.18 Å². The van der Waals surface area contributed by atoms with Crippen molar-refractivity contribution in [3.8, 4) is 0 Å². The fourth-order valence-electron chi connectivity index (χ4n) is 1.99. The van der Waals surface area contributed by atoms with Crippen LogP contribution in [0.3, 0.4) is 0 Å². The van der Waals surface area contributed by atoms with Gasteiger partial charge in [-0.3, -0.25) is 4.79 Å². The molecular formula is C19H27ClFNO4. The van der Waals surface area contributed by atoms with E-state index in [0.29, 0.717) is 5.56 Å². The van der Waals surface area contributed by atoms with Crippen LogP contribution in [0.1, 0.15) is 54.0 Å². The summed E-state index contributed by atoms with van der Waals surface area (Å²) in [4.78, 5) is 24.4. The summed E-state index contributed by atoms with van der Waals surface area (Å²) >= 11 is 5.87. The van der Waals surface area contributed by atoms with Crippen LogP contribution in [0.5, 0.6) is 0 Å². The fourth-order valence-corrected chi connectivity index (χ4v) is 2.17. The largest absolute Gasteiger partial charge is 0.462 e. The summed E-state index contributed by atoms with van der Waals surface area (Å²) in [5, 5.41) is 2.60. The number of halogens is 2. The number of esters is 1. The molecule has 0 saturated carbocycles. The predicted molar refractivity (Wildman–Crippen MR) is 98.5 cm³/mol. The van der Waals surface area contributed by atoms with E-state index in [-0.39, 0.29) is 11.6 Å². The molecule has 0 fully saturated rings. The predicted octanol–water partition coefficient (Wildman–Crippen LogP) is 4.81. The van der Waals surface area contributed by atoms with Crippen LogP contribution >= 0.6 is 11.6 Å². The Balaban J connectivity index is 3.12. The zero-order valence-electron chi connectivity index (χ0n) is 16.3. The number of alkyl carbamates (subject to hydrolysis) is 1. The fraction of sp³-hybridized carbons (Fsp3) is 0.579. The SMILES string of the molecule is CC(C)(C)OC(=O)NC(C)(COC(=O)C(C)(C)C)c1ccc(F)c(Cl)c1. The number of carbonyl (C=O) groups excluding carboxylic acids is 2. The van der Waals surface area contributed by atoms with Gasteiger partial charge in [-0.15, -0.1) is 0 Å². The van der Waals surface area contributed by atoms with Crippen molar-refractivity contribution in [2.45, 2.75) is 59.6 Å². The summed E-state index contributed by atoms with van der Waals surface area (Å²) < 4.78 is 24.2. The van der Waals surface area contributed by atoms with Crippen molar-refractivity contribution in [2.24, 2.45) is 5.41 Å². The van der Waals surface area contributed by atoms with E-state index in [0.717, 1.165) is 0 Å². The molecule has 0 aliphatic rings. The molecule has 0 spiro atoms. The molecule has 1 unspecified atom stereocenters. The molecule has 1 rings (SSSR count). The summed E-state index contributed by atoms with van der Waals surface area (Å²) in [6.07, 6.45) is -0.688. The molecule has 0 aliphatic carbocycles. The van der Waals surface area contributed by atoms with E-state index in [4.69, 9.17) is 21.1 Å². The Morgan fingerprint density at radius 1 is 1.12 bits per heavy atom. The van der Waals surface area contributed by atoms with Crippen molar-refractivity contribution in [3.63, 3.8) is 0 Å². The second-order valence-electron chi connectivity index (χ2n) is 8.41. The lowest BCUT2D eigenvalue weighted by molar-refractivity contribution is -0.155. The minimum absolute atomic E-state index is 0.0955. The van der Waals surface area contributed by atoms with Gasteiger partial charge in [0.05, 0.1) is 16.0 Å². The maximum Gasteiger partial charge on any atom is 0.408 e. The summed E-state index contributed by atoms with van der Waals surface area (Å²) in [6, 6.07) is 4.06. The van der Waals surface area contributed by atoms with Crippen molar-refractivity contribution in [2.75, 3.05) is 6.61 Å². The van der Waals surface area contributed by atoms with E-state index < -0.39 is 34.4 Å². The lowest BCUT2D eigenvalue weighted by Gasteiger charge is -2.33. The first-order valence-electron chi connectivity index (χ1n) is 8.28. The lowest BCUT2D eigenvalue weighted by atomic mass is 9.92. The Bertz CT molecular complexity index is 679. The van der Waals surface area contributed by atoms with E-state index in [1.807, 2.05) is 0 Å². The second kappa shape index (κ2) is 7.82. The number of hydrogen-bond acceptors (Lipinski definition) is 4. The molecule has 5 nitrogen and oxygen atoms in total. The van der Waals surface area contributed by atoms with Crippen molar-refractivity contribution in [1.29, 1.82) is 0 Å². The molecule has 1 aromatic rings. The first kappa shape index (κ1) is 22.2. The van der Waals surface area contributed by atoms with Gasteiger partial charge in [-0.25, -0.2) is 9.18 Å². The van der Waals surface area contributed by atoms with Gasteiger partial charge in [0.15, 0.2) is 0 Å². The highest BCUT2D eigenvalue weighted by atomic mass is 35.5. The third-order valence-corrected chi connectivity index (χ3v) is 3.73. The molecule has 0 saturated heterocycles. The molecule has 26 heavy (non-hydrogen) atoms. The molecule has 146 valence electrons. The second-order valence-corrected chi connectivity index (χ2v) is 8.82. The van der Waals surface area contributed by atoms with Crippen LogP contribution in [0.2, 0.25) is 5.02 Å². The molecule has 7 heteroatoms. The van der Waals surface area contributed by atoms with Crippen LogP contribution in [0.25, 0.3) is 0 Å². The third kappa shape index (κ3) is 6.48. The monoisotopic (exact) mass is 387 g/mol. The van der Waals surface area contributed by atoms with Crippen LogP contribution in [0, 0.1) is 11.2 Å². The van der Waals surface area contributed by atoms with E-state index in [2.05, 4.69) is 5.32 Å². The molecule has 0 bridgehead atoms. The van der Waals surface area contributed by atoms with Crippen LogP contribution in [-0.2, 0) is 19.8 Å². The average molecular weight is 388 g/mol. The molecule has 1 N–H and O–H groups in total. The molecule has 0 aromatic heterocycles. The number of hydrogen-bond donors (Lipinski definition) is 1. The van der Waals surface area contributed by atoms with Gasteiger partial charge >= 0.3 is 12.1 Å². The number of amides is 1. The van der Waals surface area contributed by atoms with Crippen LogP contribution in [-0.4, -0.2) is 24.3 Å². The van der Waals surface area contributed by atoms with E-state index in [1.165, 1.54) is 18.2 Å². The number of nitrogens with one attached hydrogen (secondary N) is 1. The maximum absolute atomic E-state index is 13.5. The van der Waals surface area contributed by atoms with E-state index in [9.17, 15) is 14.0 Å². The Labute approximate surface area is 159 Å². The Hall–Kier alpha value is -1.82. The van der Waals surface area contributed by atoms with Crippen molar-refractivity contribution in [1.82, 2.24) is 5.32 Å². The molecule has 0 heterocycles. The van der Waals surface area contributed by atoms with Gasteiger partial charge in [0.1, 0.15) is 18.0 Å². The lowest BCUT2D eigenvalue weighted by Crippen LogP contribution is -2.49. The standard InChI is InChI=1S/C19H27ClFNO4/c1-17(2,3)15(23)25-11-19(7,22-16(24)26-18(4,5)6)12-8-9-14(21)13(20)10-12/h8-10H,11H2,1-7H3,(H,22,24).